The molecule has 1 aliphatic carbocycles. The van der Waals surface area contributed by atoms with E-state index in [0.717, 1.165) is 20.3 Å². The summed E-state index contributed by atoms with van der Waals surface area (Å²) < 4.78 is 177. The van der Waals surface area contributed by atoms with E-state index in [0.29, 0.717) is 16.7 Å². The van der Waals surface area contributed by atoms with Crippen molar-refractivity contribution >= 4 is 43.6 Å². The largest absolute Gasteiger partial charge is 0.309 e. The standard InChI is InChI=1S/C49H32N2/c1-3-15-33(16-4-1)49(43-23-11-7-19-37(43)38-20-8-12-24-44(38)49)34-27-29-47-41(31-34)39-21-9-14-26-46(39)51(47)36-28-30-48-42(32-36)40-22-10-13-25-45(40)50(48)35-17-5-2-6-18-35/h1-32H/i2D,5D,6D,9D,10D,13D,14D,17D,18D,21D,22D,25D,26D,27D,28D,29D,30D,31D,32D. The average Bonchev–Trinajstić information content (AvgIpc) is 4.00. The minimum absolute atomic E-state index is 0.00609. The molecule has 2 heterocycles. The zero-order valence-corrected chi connectivity index (χ0v) is 26.4. The second-order valence-corrected chi connectivity index (χ2v) is 12.2. The van der Waals surface area contributed by atoms with Crippen molar-refractivity contribution in [2.75, 3.05) is 0 Å². The Morgan fingerprint density at radius 1 is 0.373 bits per heavy atom. The minimum atomic E-state index is -1.45. The van der Waals surface area contributed by atoms with Crippen LogP contribution >= 0.6 is 0 Å². The van der Waals surface area contributed by atoms with E-state index >= 15 is 0 Å². The molecule has 0 radical (unpaired) electrons. The SMILES string of the molecule is [2H]c1c([2H])c([2H])c(-n2c3c([2H])c([2H])c([2H])c([2H])c3c3c([2H])c(-n4c5c([2H])c([2H])c([2H])c([2H])c5c5c([2H])c(C6(c7ccccc7)c7ccccc7-c7ccccc76)c([2H])c([2H])c54)c([2H])c([2H])c32)c([2H])c1[2H]. The Balaban J connectivity index is 1.38. The normalized spacial score (nSPS) is 18.5. The van der Waals surface area contributed by atoms with Crippen LogP contribution in [0.15, 0.2) is 194 Å². The van der Waals surface area contributed by atoms with Crippen molar-refractivity contribution in [2.24, 2.45) is 0 Å². The zero-order valence-electron chi connectivity index (χ0n) is 45.4. The van der Waals surface area contributed by atoms with E-state index in [1.54, 1.807) is 0 Å². The van der Waals surface area contributed by atoms with Crippen LogP contribution in [0.5, 0.6) is 0 Å². The molecule has 0 bridgehead atoms. The van der Waals surface area contributed by atoms with Crippen LogP contribution in [0.1, 0.15) is 48.3 Å². The summed E-state index contributed by atoms with van der Waals surface area (Å²) in [6, 6.07) is 10.2. The van der Waals surface area contributed by atoms with Crippen LogP contribution in [0.4, 0.5) is 0 Å². The van der Waals surface area contributed by atoms with E-state index in [1.165, 1.54) is 0 Å². The second kappa shape index (κ2) is 10.7. The Morgan fingerprint density at radius 3 is 1.55 bits per heavy atom. The highest BCUT2D eigenvalue weighted by atomic mass is 15.0. The maximum absolute atomic E-state index is 10.4. The fourth-order valence-corrected chi connectivity index (χ4v) is 7.77. The second-order valence-electron chi connectivity index (χ2n) is 12.2. The predicted molar refractivity (Wildman–Crippen MR) is 212 cm³/mol. The molecule has 0 fully saturated rings. The molecule has 10 aromatic rings. The van der Waals surface area contributed by atoms with Crippen molar-refractivity contribution in [1.29, 1.82) is 0 Å². The van der Waals surface area contributed by atoms with Crippen molar-refractivity contribution in [3.8, 4) is 22.5 Å². The molecular formula is C49H32N2. The van der Waals surface area contributed by atoms with Gasteiger partial charge in [-0.3, -0.25) is 0 Å². The lowest BCUT2D eigenvalue weighted by atomic mass is 9.67. The van der Waals surface area contributed by atoms with Gasteiger partial charge in [-0.15, -0.1) is 0 Å². The Morgan fingerprint density at radius 2 is 0.882 bits per heavy atom. The highest BCUT2D eigenvalue weighted by Crippen LogP contribution is 2.56. The molecule has 0 saturated carbocycles. The fourth-order valence-electron chi connectivity index (χ4n) is 7.77. The van der Waals surface area contributed by atoms with Crippen LogP contribution in [-0.2, 0) is 5.41 Å². The van der Waals surface area contributed by atoms with Gasteiger partial charge in [0.05, 0.1) is 53.5 Å². The summed E-state index contributed by atoms with van der Waals surface area (Å²) in [5.74, 6) is 0. The number of hydrogen-bond acceptors (Lipinski definition) is 0. The third-order valence-corrected chi connectivity index (χ3v) is 9.77. The van der Waals surface area contributed by atoms with E-state index in [2.05, 4.69) is 0 Å². The van der Waals surface area contributed by atoms with Crippen molar-refractivity contribution in [3.05, 3.63) is 216 Å². The molecule has 2 aromatic heterocycles. The Kier molecular flexibility index (Phi) is 3.24. The first kappa shape index (κ1) is 15.5. The summed E-state index contributed by atoms with van der Waals surface area (Å²) >= 11 is 0. The quantitative estimate of drug-likeness (QED) is 0.177. The van der Waals surface area contributed by atoms with Crippen molar-refractivity contribution in [2.45, 2.75) is 5.41 Å². The third-order valence-electron chi connectivity index (χ3n) is 9.77. The maximum Gasteiger partial charge on any atom is 0.0713 e. The van der Waals surface area contributed by atoms with E-state index in [1.807, 2.05) is 78.9 Å². The molecule has 1 aliphatic rings. The topological polar surface area (TPSA) is 9.86 Å². The van der Waals surface area contributed by atoms with Crippen molar-refractivity contribution in [3.63, 3.8) is 0 Å². The maximum atomic E-state index is 10.4. The van der Waals surface area contributed by atoms with E-state index in [9.17, 15) is 11.0 Å². The Bertz CT molecular complexity index is 3990. The molecule has 8 aromatic carbocycles. The van der Waals surface area contributed by atoms with Crippen LogP contribution in [0.2, 0.25) is 0 Å². The molecule has 0 spiro atoms. The highest BCUT2D eigenvalue weighted by molar-refractivity contribution is 6.12. The van der Waals surface area contributed by atoms with Gasteiger partial charge in [-0.05, 0) is 87.8 Å². The fraction of sp³-hybridized carbons (Fsp3) is 0.0204. The molecule has 238 valence electrons. The molecule has 0 unspecified atom stereocenters. The monoisotopic (exact) mass is 667 g/mol. The summed E-state index contributed by atoms with van der Waals surface area (Å²) in [5, 5.41) is -1.42. The lowest BCUT2D eigenvalue weighted by Crippen LogP contribution is -2.28. The molecule has 11 rings (SSSR count). The van der Waals surface area contributed by atoms with Crippen molar-refractivity contribution < 1.29 is 26.0 Å². The first-order valence-corrected chi connectivity index (χ1v) is 16.2. The van der Waals surface area contributed by atoms with E-state index in [4.69, 9.17) is 15.1 Å². The first-order chi connectivity index (χ1) is 33.2. The average molecular weight is 668 g/mol. The number of nitrogens with zero attached hydrogens (tertiary/aromatic N) is 2. The van der Waals surface area contributed by atoms with Gasteiger partial charge >= 0.3 is 0 Å². The summed E-state index contributed by atoms with van der Waals surface area (Å²) in [5.41, 5.74) is -0.922. The molecule has 0 atom stereocenters. The molecule has 2 heteroatoms. The number of fused-ring (bicyclic) bond motifs is 9. The Hall–Kier alpha value is -6.64. The number of benzene rings is 8. The number of hydrogen-bond donors (Lipinski definition) is 0. The molecule has 0 amide bonds. The third kappa shape index (κ3) is 3.82. The minimum Gasteiger partial charge on any atom is -0.309 e. The number of rotatable bonds is 4. The van der Waals surface area contributed by atoms with Gasteiger partial charge in [0, 0.05) is 32.9 Å². The van der Waals surface area contributed by atoms with E-state index in [-0.39, 0.29) is 21.9 Å². The van der Waals surface area contributed by atoms with Gasteiger partial charge in [0.15, 0.2) is 0 Å². The first-order valence-electron chi connectivity index (χ1n) is 25.7. The van der Waals surface area contributed by atoms with Crippen LogP contribution < -0.4 is 0 Å². The van der Waals surface area contributed by atoms with Crippen LogP contribution in [0.3, 0.4) is 0 Å². The van der Waals surface area contributed by atoms with E-state index < -0.39 is 159 Å². The van der Waals surface area contributed by atoms with Crippen LogP contribution in [0.25, 0.3) is 66.1 Å². The molecule has 0 N–H and O–H groups in total. The smallest absolute Gasteiger partial charge is 0.0713 e. The molecule has 0 aliphatic heterocycles. The zero-order chi connectivity index (χ0) is 50.1. The van der Waals surface area contributed by atoms with Gasteiger partial charge in [-0.25, -0.2) is 0 Å². The summed E-state index contributed by atoms with van der Waals surface area (Å²) in [6.45, 7) is 0. The van der Waals surface area contributed by atoms with Gasteiger partial charge in [0.1, 0.15) is 0 Å². The molecule has 0 saturated heterocycles. The molecule has 2 nitrogen and oxygen atoms in total. The van der Waals surface area contributed by atoms with Gasteiger partial charge in [0.2, 0.25) is 0 Å². The summed E-state index contributed by atoms with van der Waals surface area (Å²) in [6.07, 6.45) is 0. The van der Waals surface area contributed by atoms with Gasteiger partial charge in [-0.2, -0.15) is 0 Å². The lowest BCUT2D eigenvalue weighted by molar-refractivity contribution is 0.770. The molecular weight excluding hydrogens is 617 g/mol. The number of aromatic nitrogens is 2. The summed E-state index contributed by atoms with van der Waals surface area (Å²) in [4.78, 5) is 0. The van der Waals surface area contributed by atoms with Gasteiger partial charge in [-0.1, -0.05) is 139 Å². The van der Waals surface area contributed by atoms with Crippen LogP contribution in [0, 0.1) is 0 Å². The summed E-state index contributed by atoms with van der Waals surface area (Å²) in [7, 11) is 0. The van der Waals surface area contributed by atoms with Crippen LogP contribution in [-0.4, -0.2) is 9.13 Å². The van der Waals surface area contributed by atoms with Gasteiger partial charge < -0.3 is 9.13 Å². The Labute approximate surface area is 322 Å². The molecule has 51 heavy (non-hydrogen) atoms. The van der Waals surface area contributed by atoms with Crippen molar-refractivity contribution in [1.82, 2.24) is 9.13 Å². The van der Waals surface area contributed by atoms with Gasteiger partial charge in [0.25, 0.3) is 0 Å². The lowest BCUT2D eigenvalue weighted by Gasteiger charge is -2.34. The number of para-hydroxylation sites is 3. The highest BCUT2D eigenvalue weighted by Gasteiger charge is 2.46. The predicted octanol–water partition coefficient (Wildman–Crippen LogP) is 12.2.